The van der Waals surface area contributed by atoms with Gasteiger partial charge in [-0.05, 0) is 30.3 Å². The topological polar surface area (TPSA) is 113 Å². The van der Waals surface area contributed by atoms with Gasteiger partial charge in [0.1, 0.15) is 0 Å². The number of anilines is 2. The predicted molar refractivity (Wildman–Crippen MR) is 91.9 cm³/mol. The molecule has 3 amide bonds. The van der Waals surface area contributed by atoms with Crippen molar-refractivity contribution in [1.29, 1.82) is 0 Å². The van der Waals surface area contributed by atoms with Gasteiger partial charge >= 0.3 is 0 Å². The average Bonchev–Trinajstić information content (AvgIpc) is 2.59. The van der Waals surface area contributed by atoms with Gasteiger partial charge in [0, 0.05) is 18.3 Å². The number of primary amides is 1. The Morgan fingerprint density at radius 2 is 1.79 bits per heavy atom. The molecule has 0 aromatic heterocycles. The SMILES string of the molecule is CNC(=O)c1cccc(NCC(=O)Nc2ccccc2C(N)=O)c1. The number of nitrogens with two attached hydrogens (primary N) is 1. The van der Waals surface area contributed by atoms with Crippen LogP contribution in [0.3, 0.4) is 0 Å². The van der Waals surface area contributed by atoms with E-state index in [1.165, 1.54) is 6.07 Å². The van der Waals surface area contributed by atoms with E-state index in [4.69, 9.17) is 5.73 Å². The summed E-state index contributed by atoms with van der Waals surface area (Å²) in [6.07, 6.45) is 0. The summed E-state index contributed by atoms with van der Waals surface area (Å²) < 4.78 is 0. The van der Waals surface area contributed by atoms with Crippen molar-refractivity contribution >= 4 is 29.1 Å². The highest BCUT2D eigenvalue weighted by Crippen LogP contribution is 2.14. The molecular weight excluding hydrogens is 308 g/mol. The molecule has 0 unspecified atom stereocenters. The van der Waals surface area contributed by atoms with Crippen LogP contribution in [0.2, 0.25) is 0 Å². The molecule has 0 heterocycles. The van der Waals surface area contributed by atoms with Crippen LogP contribution >= 0.6 is 0 Å². The molecule has 0 aliphatic carbocycles. The van der Waals surface area contributed by atoms with Gasteiger partial charge in [0.2, 0.25) is 5.91 Å². The Hall–Kier alpha value is -3.35. The van der Waals surface area contributed by atoms with Crippen molar-refractivity contribution in [1.82, 2.24) is 5.32 Å². The zero-order valence-electron chi connectivity index (χ0n) is 13.1. The predicted octanol–water partition coefficient (Wildman–Crippen LogP) is 1.20. The van der Waals surface area contributed by atoms with Crippen LogP contribution in [0.4, 0.5) is 11.4 Å². The molecule has 7 nitrogen and oxygen atoms in total. The molecule has 2 aromatic rings. The maximum Gasteiger partial charge on any atom is 0.251 e. The van der Waals surface area contributed by atoms with Crippen LogP contribution in [0.1, 0.15) is 20.7 Å². The van der Waals surface area contributed by atoms with Gasteiger partial charge in [-0.3, -0.25) is 14.4 Å². The first-order valence-electron chi connectivity index (χ1n) is 7.26. The van der Waals surface area contributed by atoms with Crippen molar-refractivity contribution in [2.24, 2.45) is 5.73 Å². The van der Waals surface area contributed by atoms with E-state index in [9.17, 15) is 14.4 Å². The Bertz CT molecular complexity index is 774. The number of carbonyl (C=O) groups excluding carboxylic acids is 3. The number of nitrogens with one attached hydrogen (secondary N) is 3. The minimum Gasteiger partial charge on any atom is -0.376 e. The number of hydrogen-bond acceptors (Lipinski definition) is 4. The third-order valence-electron chi connectivity index (χ3n) is 3.27. The lowest BCUT2D eigenvalue weighted by Gasteiger charge is -2.10. The fourth-order valence-corrected chi connectivity index (χ4v) is 2.10. The van der Waals surface area contributed by atoms with E-state index < -0.39 is 5.91 Å². The quantitative estimate of drug-likeness (QED) is 0.638. The highest BCUT2D eigenvalue weighted by molar-refractivity contribution is 6.03. The zero-order chi connectivity index (χ0) is 17.5. The highest BCUT2D eigenvalue weighted by atomic mass is 16.2. The first kappa shape index (κ1) is 17.0. The van der Waals surface area contributed by atoms with Crippen LogP contribution in [0.5, 0.6) is 0 Å². The number of carbonyl (C=O) groups is 3. The molecule has 5 N–H and O–H groups in total. The molecule has 0 spiro atoms. The molecule has 0 atom stereocenters. The van der Waals surface area contributed by atoms with Gasteiger partial charge < -0.3 is 21.7 Å². The average molecular weight is 326 g/mol. The van der Waals surface area contributed by atoms with E-state index in [0.717, 1.165) is 0 Å². The first-order chi connectivity index (χ1) is 11.5. The molecule has 0 aliphatic rings. The van der Waals surface area contributed by atoms with Crippen molar-refractivity contribution in [2.45, 2.75) is 0 Å². The molecule has 2 rings (SSSR count). The first-order valence-corrected chi connectivity index (χ1v) is 7.26. The van der Waals surface area contributed by atoms with Crippen molar-refractivity contribution in [3.8, 4) is 0 Å². The second-order valence-electron chi connectivity index (χ2n) is 4.97. The molecule has 0 saturated heterocycles. The summed E-state index contributed by atoms with van der Waals surface area (Å²) in [5, 5.41) is 8.09. The Morgan fingerprint density at radius 1 is 1.04 bits per heavy atom. The zero-order valence-corrected chi connectivity index (χ0v) is 13.1. The largest absolute Gasteiger partial charge is 0.376 e. The number of para-hydroxylation sites is 1. The summed E-state index contributed by atoms with van der Waals surface area (Å²) in [4.78, 5) is 34.9. The monoisotopic (exact) mass is 326 g/mol. The minimum absolute atomic E-state index is 0.0235. The van der Waals surface area contributed by atoms with E-state index in [1.54, 1.807) is 49.5 Å². The molecule has 2 aromatic carbocycles. The molecule has 24 heavy (non-hydrogen) atoms. The lowest BCUT2D eigenvalue weighted by molar-refractivity contribution is -0.114. The van der Waals surface area contributed by atoms with Gasteiger partial charge in [0.15, 0.2) is 0 Å². The Morgan fingerprint density at radius 3 is 2.50 bits per heavy atom. The summed E-state index contributed by atoms with van der Waals surface area (Å²) >= 11 is 0. The van der Waals surface area contributed by atoms with Gasteiger partial charge in [-0.2, -0.15) is 0 Å². The number of benzene rings is 2. The smallest absolute Gasteiger partial charge is 0.251 e. The molecule has 124 valence electrons. The van der Waals surface area contributed by atoms with Crippen LogP contribution < -0.4 is 21.7 Å². The maximum absolute atomic E-state index is 12.0. The highest BCUT2D eigenvalue weighted by Gasteiger charge is 2.10. The summed E-state index contributed by atoms with van der Waals surface area (Å²) in [5.41, 5.74) is 6.99. The molecular formula is C17H18N4O3. The molecule has 0 fully saturated rings. The number of rotatable bonds is 6. The molecule has 0 aliphatic heterocycles. The van der Waals surface area contributed by atoms with Crippen LogP contribution in [0.15, 0.2) is 48.5 Å². The second-order valence-corrected chi connectivity index (χ2v) is 4.97. The van der Waals surface area contributed by atoms with E-state index in [0.29, 0.717) is 16.9 Å². The minimum atomic E-state index is -0.614. The Labute approximate surface area is 139 Å². The van der Waals surface area contributed by atoms with Gasteiger partial charge in [-0.25, -0.2) is 0 Å². The Balaban J connectivity index is 1.99. The van der Waals surface area contributed by atoms with Gasteiger partial charge in [0.05, 0.1) is 17.8 Å². The molecule has 7 heteroatoms. The van der Waals surface area contributed by atoms with Crippen molar-refractivity contribution in [2.75, 3.05) is 24.2 Å². The lowest BCUT2D eigenvalue weighted by atomic mass is 10.1. The molecule has 0 radical (unpaired) electrons. The third-order valence-corrected chi connectivity index (χ3v) is 3.27. The van der Waals surface area contributed by atoms with E-state index in [1.807, 2.05) is 0 Å². The summed E-state index contributed by atoms with van der Waals surface area (Å²) in [6.45, 7) is -0.0235. The summed E-state index contributed by atoms with van der Waals surface area (Å²) in [5.74, 6) is -1.16. The normalized spacial score (nSPS) is 9.88. The lowest BCUT2D eigenvalue weighted by Crippen LogP contribution is -2.24. The maximum atomic E-state index is 12.0. The Kier molecular flexibility index (Phi) is 5.51. The number of hydrogen-bond donors (Lipinski definition) is 4. The molecule has 0 bridgehead atoms. The van der Waals surface area contributed by atoms with Gasteiger partial charge in [0.25, 0.3) is 11.8 Å². The van der Waals surface area contributed by atoms with Crippen LogP contribution in [0, 0.1) is 0 Å². The number of amides is 3. The third kappa shape index (κ3) is 4.33. The van der Waals surface area contributed by atoms with Crippen molar-refractivity contribution < 1.29 is 14.4 Å². The second kappa shape index (κ2) is 7.77. The van der Waals surface area contributed by atoms with Crippen molar-refractivity contribution in [3.05, 3.63) is 59.7 Å². The van der Waals surface area contributed by atoms with E-state index in [2.05, 4.69) is 16.0 Å². The fraction of sp³-hybridized carbons (Fsp3) is 0.118. The summed E-state index contributed by atoms with van der Waals surface area (Å²) in [6, 6.07) is 13.3. The van der Waals surface area contributed by atoms with E-state index >= 15 is 0 Å². The fourth-order valence-electron chi connectivity index (χ4n) is 2.10. The standard InChI is InChI=1S/C17H18N4O3/c1-19-17(24)11-5-4-6-12(9-11)20-10-15(22)21-14-8-3-2-7-13(14)16(18)23/h2-9,20H,10H2,1H3,(H2,18,23)(H,19,24)(H,21,22). The van der Waals surface area contributed by atoms with E-state index in [-0.39, 0.29) is 23.9 Å². The van der Waals surface area contributed by atoms with Crippen LogP contribution in [0.25, 0.3) is 0 Å². The van der Waals surface area contributed by atoms with Crippen LogP contribution in [-0.2, 0) is 4.79 Å². The van der Waals surface area contributed by atoms with Crippen molar-refractivity contribution in [3.63, 3.8) is 0 Å². The summed E-state index contributed by atoms with van der Waals surface area (Å²) in [7, 11) is 1.55. The van der Waals surface area contributed by atoms with Gasteiger partial charge in [-0.15, -0.1) is 0 Å². The van der Waals surface area contributed by atoms with Gasteiger partial charge in [-0.1, -0.05) is 18.2 Å². The van der Waals surface area contributed by atoms with Crippen LogP contribution in [-0.4, -0.2) is 31.3 Å². The molecule has 0 saturated carbocycles.